The van der Waals surface area contributed by atoms with Gasteiger partial charge < -0.3 is 9.47 Å². The number of carbonyl (C=O) groups is 2. The first-order chi connectivity index (χ1) is 9.72. The van der Waals surface area contributed by atoms with Gasteiger partial charge >= 0.3 is 0 Å². The first-order valence-corrected chi connectivity index (χ1v) is 6.37. The molecule has 5 nitrogen and oxygen atoms in total. The highest BCUT2D eigenvalue weighted by molar-refractivity contribution is 6.18. The van der Waals surface area contributed by atoms with Gasteiger partial charge in [-0.25, -0.2) is 0 Å². The van der Waals surface area contributed by atoms with Crippen molar-refractivity contribution in [1.82, 2.24) is 5.32 Å². The van der Waals surface area contributed by atoms with Gasteiger partial charge in [-0.05, 0) is 12.8 Å². The minimum atomic E-state index is -0.471. The van der Waals surface area contributed by atoms with Crippen LogP contribution in [-0.2, 0) is 19.1 Å². The molecule has 2 amide bonds. The molecule has 3 aliphatic rings. The average Bonchev–Trinajstić information content (AvgIpc) is 2.80. The van der Waals surface area contributed by atoms with Crippen LogP contribution in [0.25, 0.3) is 0 Å². The predicted octanol–water partition coefficient (Wildman–Crippen LogP) is 1.97. The zero-order chi connectivity index (χ0) is 13.9. The van der Waals surface area contributed by atoms with Gasteiger partial charge in [-0.1, -0.05) is 23.8 Å². The number of carbonyl (C=O) groups excluding carboxylic acids is 2. The second-order valence-electron chi connectivity index (χ2n) is 4.65. The molecule has 0 aromatic carbocycles. The van der Waals surface area contributed by atoms with Crippen molar-refractivity contribution in [3.8, 4) is 0 Å². The summed E-state index contributed by atoms with van der Waals surface area (Å²) >= 11 is 0. The number of hydrogen-bond donors (Lipinski definition) is 1. The lowest BCUT2D eigenvalue weighted by Crippen LogP contribution is -2.23. The third-order valence-electron chi connectivity index (χ3n) is 3.16. The van der Waals surface area contributed by atoms with Gasteiger partial charge in [-0.15, -0.1) is 0 Å². The Morgan fingerprint density at radius 2 is 2.10 bits per heavy atom. The molecular formula is C15H13NO4. The minimum Gasteiger partial charge on any atom is -0.462 e. The van der Waals surface area contributed by atoms with Crippen LogP contribution in [0.3, 0.4) is 0 Å². The number of imide groups is 1. The van der Waals surface area contributed by atoms with E-state index in [1.165, 1.54) is 24.2 Å². The Kier molecular flexibility index (Phi) is 3.25. The predicted molar refractivity (Wildman–Crippen MR) is 70.6 cm³/mol. The smallest absolute Gasteiger partial charge is 0.262 e. The van der Waals surface area contributed by atoms with Crippen LogP contribution in [0.4, 0.5) is 0 Å². The van der Waals surface area contributed by atoms with Crippen molar-refractivity contribution in [2.45, 2.75) is 19.3 Å². The van der Waals surface area contributed by atoms with Gasteiger partial charge in [0.05, 0.1) is 5.57 Å². The summed E-state index contributed by atoms with van der Waals surface area (Å²) in [5, 5.41) is 2.16. The molecule has 0 spiro atoms. The molecule has 2 aliphatic heterocycles. The number of rotatable bonds is 3. The van der Waals surface area contributed by atoms with Crippen LogP contribution in [0.15, 0.2) is 59.5 Å². The summed E-state index contributed by atoms with van der Waals surface area (Å²) in [5.41, 5.74) is 1.46. The fraction of sp³-hybridized carbons (Fsp3) is 0.200. The lowest BCUT2D eigenvalue weighted by Gasteiger charge is -2.16. The highest BCUT2D eigenvalue weighted by atomic mass is 16.5. The molecule has 1 N–H and O–H groups in total. The van der Waals surface area contributed by atoms with E-state index in [1.807, 2.05) is 6.08 Å². The second kappa shape index (κ2) is 5.21. The van der Waals surface area contributed by atoms with Crippen molar-refractivity contribution in [2.24, 2.45) is 0 Å². The first kappa shape index (κ1) is 12.5. The van der Waals surface area contributed by atoms with E-state index in [2.05, 4.69) is 17.5 Å². The molecule has 0 bridgehead atoms. The van der Waals surface area contributed by atoms with Crippen LogP contribution < -0.4 is 5.32 Å². The van der Waals surface area contributed by atoms with Gasteiger partial charge in [0.15, 0.2) is 5.76 Å². The third-order valence-corrected chi connectivity index (χ3v) is 3.16. The van der Waals surface area contributed by atoms with Gasteiger partial charge in [0, 0.05) is 12.5 Å². The van der Waals surface area contributed by atoms with Crippen molar-refractivity contribution in [1.29, 1.82) is 0 Å². The molecule has 0 unspecified atom stereocenters. The lowest BCUT2D eigenvalue weighted by molar-refractivity contribution is -0.123. The molecule has 0 aromatic rings. The summed E-state index contributed by atoms with van der Waals surface area (Å²) in [7, 11) is 0. The summed E-state index contributed by atoms with van der Waals surface area (Å²) in [6.07, 6.45) is 13.0. The van der Waals surface area contributed by atoms with E-state index in [-0.39, 0.29) is 11.3 Å². The molecule has 3 rings (SSSR count). The van der Waals surface area contributed by atoms with Crippen LogP contribution in [0.5, 0.6) is 0 Å². The normalized spacial score (nSPS) is 21.2. The quantitative estimate of drug-likeness (QED) is 0.797. The molecule has 0 radical (unpaired) electrons. The molecule has 5 heteroatoms. The van der Waals surface area contributed by atoms with E-state index < -0.39 is 11.8 Å². The number of allylic oxidation sites excluding steroid dienone is 4. The fourth-order valence-corrected chi connectivity index (χ4v) is 2.14. The van der Waals surface area contributed by atoms with E-state index in [1.54, 1.807) is 0 Å². The molecule has 0 aromatic heterocycles. The molecule has 102 valence electrons. The highest BCUT2D eigenvalue weighted by Gasteiger charge is 2.27. The maximum atomic E-state index is 11.5. The molecule has 0 saturated carbocycles. The van der Waals surface area contributed by atoms with Crippen molar-refractivity contribution in [3.05, 3.63) is 59.5 Å². The van der Waals surface area contributed by atoms with Crippen molar-refractivity contribution >= 4 is 11.8 Å². The number of amides is 2. The first-order valence-electron chi connectivity index (χ1n) is 6.37. The highest BCUT2D eigenvalue weighted by Crippen LogP contribution is 2.26. The molecule has 0 saturated heterocycles. The Labute approximate surface area is 115 Å². The maximum absolute atomic E-state index is 11.5. The Hall–Kier alpha value is -2.56. The number of hydrogen-bond acceptors (Lipinski definition) is 4. The second-order valence-corrected chi connectivity index (χ2v) is 4.65. The standard InChI is InChI=1S/C15H13NO4/c17-14-7-12(15(18)16-14)13-9-19-11(8-20-13)6-10-4-2-1-3-5-10/h1-2,4,7-9H,3,5-6H2,(H,16,17,18). The third kappa shape index (κ3) is 2.56. The summed E-state index contributed by atoms with van der Waals surface area (Å²) in [5.74, 6) is 0.0144. The summed E-state index contributed by atoms with van der Waals surface area (Å²) in [6, 6.07) is 0. The van der Waals surface area contributed by atoms with Crippen LogP contribution >= 0.6 is 0 Å². The fourth-order valence-electron chi connectivity index (χ4n) is 2.14. The molecule has 0 fully saturated rings. The van der Waals surface area contributed by atoms with E-state index in [9.17, 15) is 9.59 Å². The SMILES string of the molecule is O=C1C=C(C2=COC(CC3=CC=CCC3)=CO2)C(=O)N1. The Morgan fingerprint density at radius 1 is 1.20 bits per heavy atom. The average molecular weight is 271 g/mol. The van der Waals surface area contributed by atoms with E-state index in [0.717, 1.165) is 12.8 Å². The lowest BCUT2D eigenvalue weighted by atomic mass is 10.0. The Morgan fingerprint density at radius 3 is 2.70 bits per heavy atom. The van der Waals surface area contributed by atoms with Crippen LogP contribution in [0, 0.1) is 0 Å². The van der Waals surface area contributed by atoms with Crippen molar-refractivity contribution in [3.63, 3.8) is 0 Å². The molecule has 20 heavy (non-hydrogen) atoms. The molecule has 2 heterocycles. The molecule has 1 aliphatic carbocycles. The monoisotopic (exact) mass is 271 g/mol. The Bertz CT molecular complexity index is 620. The van der Waals surface area contributed by atoms with Crippen LogP contribution in [-0.4, -0.2) is 11.8 Å². The molecular weight excluding hydrogens is 258 g/mol. The van der Waals surface area contributed by atoms with Crippen LogP contribution in [0.1, 0.15) is 19.3 Å². The van der Waals surface area contributed by atoms with Gasteiger partial charge in [0.2, 0.25) is 0 Å². The van der Waals surface area contributed by atoms with E-state index in [4.69, 9.17) is 9.47 Å². The van der Waals surface area contributed by atoms with E-state index in [0.29, 0.717) is 12.2 Å². The molecule has 0 atom stereocenters. The maximum Gasteiger partial charge on any atom is 0.262 e. The van der Waals surface area contributed by atoms with Gasteiger partial charge in [0.25, 0.3) is 11.8 Å². The minimum absolute atomic E-state index is 0.185. The van der Waals surface area contributed by atoms with Crippen molar-refractivity contribution < 1.29 is 19.1 Å². The Balaban J connectivity index is 1.64. The van der Waals surface area contributed by atoms with E-state index >= 15 is 0 Å². The van der Waals surface area contributed by atoms with Gasteiger partial charge in [0.1, 0.15) is 18.3 Å². The summed E-state index contributed by atoms with van der Waals surface area (Å²) < 4.78 is 10.8. The van der Waals surface area contributed by atoms with Gasteiger partial charge in [-0.3, -0.25) is 14.9 Å². The van der Waals surface area contributed by atoms with Crippen molar-refractivity contribution in [2.75, 3.05) is 0 Å². The zero-order valence-corrected chi connectivity index (χ0v) is 10.7. The largest absolute Gasteiger partial charge is 0.462 e. The van der Waals surface area contributed by atoms with Crippen LogP contribution in [0.2, 0.25) is 0 Å². The topological polar surface area (TPSA) is 64.6 Å². The zero-order valence-electron chi connectivity index (χ0n) is 10.7. The number of nitrogens with one attached hydrogen (secondary N) is 1. The number of ether oxygens (including phenoxy) is 2. The summed E-state index contributed by atoms with van der Waals surface area (Å²) in [6.45, 7) is 0. The summed E-state index contributed by atoms with van der Waals surface area (Å²) in [4.78, 5) is 22.5. The van der Waals surface area contributed by atoms with Gasteiger partial charge in [-0.2, -0.15) is 0 Å².